The second kappa shape index (κ2) is 10.7. The van der Waals surface area contributed by atoms with E-state index in [-0.39, 0.29) is 29.8 Å². The molecule has 0 aliphatic rings. The summed E-state index contributed by atoms with van der Waals surface area (Å²) in [6, 6.07) is 13.2. The Morgan fingerprint density at radius 3 is 2.50 bits per heavy atom. The first-order valence-electron chi connectivity index (χ1n) is 8.87. The number of aromatic nitrogens is 3. The van der Waals surface area contributed by atoms with Gasteiger partial charge >= 0.3 is 0 Å². The molecular formula is C20H24FIN6. The van der Waals surface area contributed by atoms with Crippen LogP contribution in [0.15, 0.2) is 60.1 Å². The van der Waals surface area contributed by atoms with Crippen LogP contribution in [0.5, 0.6) is 0 Å². The van der Waals surface area contributed by atoms with Crippen molar-refractivity contribution in [3.05, 3.63) is 77.6 Å². The molecule has 0 aliphatic carbocycles. The van der Waals surface area contributed by atoms with Gasteiger partial charge in [-0.25, -0.2) is 19.0 Å². The maximum Gasteiger partial charge on any atom is 0.191 e. The molecule has 0 fully saturated rings. The lowest BCUT2D eigenvalue weighted by Gasteiger charge is -2.12. The van der Waals surface area contributed by atoms with Gasteiger partial charge in [0, 0.05) is 13.1 Å². The van der Waals surface area contributed by atoms with Crippen molar-refractivity contribution in [3.8, 4) is 5.69 Å². The Kier molecular flexibility index (Phi) is 8.37. The summed E-state index contributed by atoms with van der Waals surface area (Å²) in [4.78, 5) is 8.48. The Balaban J connectivity index is 0.00000280. The molecule has 0 atom stereocenters. The molecular weight excluding hydrogens is 470 g/mol. The molecule has 28 heavy (non-hydrogen) atoms. The van der Waals surface area contributed by atoms with Crippen LogP contribution in [-0.4, -0.2) is 27.3 Å². The number of nitrogens with one attached hydrogen (secondary N) is 2. The third-order valence-electron chi connectivity index (χ3n) is 4.08. The van der Waals surface area contributed by atoms with Gasteiger partial charge in [0.1, 0.15) is 18.5 Å². The van der Waals surface area contributed by atoms with E-state index in [4.69, 9.17) is 0 Å². The van der Waals surface area contributed by atoms with Gasteiger partial charge in [-0.05, 0) is 48.7 Å². The number of aliphatic imine (C=N–C) groups is 1. The Morgan fingerprint density at radius 2 is 1.86 bits per heavy atom. The molecule has 0 aliphatic heterocycles. The lowest BCUT2D eigenvalue weighted by molar-refractivity contribution is 0.616. The van der Waals surface area contributed by atoms with E-state index in [0.717, 1.165) is 23.4 Å². The van der Waals surface area contributed by atoms with Crippen molar-refractivity contribution in [2.45, 2.75) is 26.9 Å². The van der Waals surface area contributed by atoms with Crippen LogP contribution in [0, 0.1) is 12.7 Å². The molecule has 0 radical (unpaired) electrons. The van der Waals surface area contributed by atoms with Crippen LogP contribution >= 0.6 is 24.0 Å². The summed E-state index contributed by atoms with van der Waals surface area (Å²) in [5.74, 6) is 0.493. The molecule has 0 bridgehead atoms. The van der Waals surface area contributed by atoms with Crippen LogP contribution in [0.4, 0.5) is 4.39 Å². The zero-order chi connectivity index (χ0) is 19.1. The molecule has 3 rings (SSSR count). The largest absolute Gasteiger partial charge is 0.357 e. The quantitative estimate of drug-likeness (QED) is 0.313. The predicted octanol–water partition coefficient (Wildman–Crippen LogP) is 3.59. The highest BCUT2D eigenvalue weighted by molar-refractivity contribution is 14.0. The second-order valence-electron chi connectivity index (χ2n) is 6.14. The topological polar surface area (TPSA) is 67.1 Å². The van der Waals surface area contributed by atoms with E-state index in [1.165, 1.54) is 12.4 Å². The minimum Gasteiger partial charge on any atom is -0.357 e. The average Bonchev–Trinajstić information content (AvgIpc) is 3.22. The summed E-state index contributed by atoms with van der Waals surface area (Å²) in [6.45, 7) is 5.56. The summed E-state index contributed by atoms with van der Waals surface area (Å²) < 4.78 is 15.4. The molecule has 0 saturated heterocycles. The fourth-order valence-electron chi connectivity index (χ4n) is 2.54. The maximum atomic E-state index is 13.7. The lowest BCUT2D eigenvalue weighted by Crippen LogP contribution is -2.36. The summed E-state index contributed by atoms with van der Waals surface area (Å²) in [5, 5.41) is 10.6. The fourth-order valence-corrected chi connectivity index (χ4v) is 2.54. The number of benzene rings is 2. The molecule has 0 saturated carbocycles. The van der Waals surface area contributed by atoms with Crippen LogP contribution in [-0.2, 0) is 13.1 Å². The lowest BCUT2D eigenvalue weighted by atomic mass is 10.1. The smallest absolute Gasteiger partial charge is 0.191 e. The molecule has 6 nitrogen and oxygen atoms in total. The molecule has 148 valence electrons. The standard InChI is InChI=1S/C20H23FN6.HI/c1-3-23-20(25-12-17-5-4-15(2)19(21)10-17)24-11-16-6-8-18(9-7-16)27-14-22-13-26-27;/h4-10,13-14H,3,11-12H2,1-2H3,(H2,23,24,25);1H. The molecule has 0 amide bonds. The monoisotopic (exact) mass is 494 g/mol. The zero-order valence-electron chi connectivity index (χ0n) is 15.9. The first-order valence-corrected chi connectivity index (χ1v) is 8.87. The maximum absolute atomic E-state index is 13.7. The summed E-state index contributed by atoms with van der Waals surface area (Å²) >= 11 is 0. The van der Waals surface area contributed by atoms with Gasteiger partial charge in [0.2, 0.25) is 0 Å². The Bertz CT molecular complexity index is 894. The van der Waals surface area contributed by atoms with E-state index < -0.39 is 0 Å². The van der Waals surface area contributed by atoms with Crippen molar-refractivity contribution in [2.75, 3.05) is 6.54 Å². The number of halogens is 2. The SMILES string of the molecule is CCNC(=NCc1ccc(C)c(F)c1)NCc1ccc(-n2cncn2)cc1.I. The van der Waals surface area contributed by atoms with E-state index in [1.807, 2.05) is 37.3 Å². The van der Waals surface area contributed by atoms with E-state index in [9.17, 15) is 4.39 Å². The van der Waals surface area contributed by atoms with Gasteiger partial charge in [0.25, 0.3) is 0 Å². The van der Waals surface area contributed by atoms with E-state index in [1.54, 1.807) is 24.0 Å². The van der Waals surface area contributed by atoms with E-state index in [2.05, 4.69) is 25.7 Å². The van der Waals surface area contributed by atoms with Gasteiger partial charge in [-0.2, -0.15) is 5.10 Å². The number of guanidine groups is 1. The molecule has 2 aromatic carbocycles. The van der Waals surface area contributed by atoms with Crippen LogP contribution in [0.3, 0.4) is 0 Å². The van der Waals surface area contributed by atoms with Crippen LogP contribution in [0.2, 0.25) is 0 Å². The molecule has 0 spiro atoms. The summed E-state index contributed by atoms with van der Waals surface area (Å²) in [7, 11) is 0. The highest BCUT2D eigenvalue weighted by Crippen LogP contribution is 2.10. The normalized spacial score (nSPS) is 11.0. The zero-order valence-corrected chi connectivity index (χ0v) is 18.2. The van der Waals surface area contributed by atoms with Crippen LogP contribution in [0.1, 0.15) is 23.6 Å². The van der Waals surface area contributed by atoms with Crippen LogP contribution in [0.25, 0.3) is 5.69 Å². The highest BCUT2D eigenvalue weighted by Gasteiger charge is 2.02. The average molecular weight is 494 g/mol. The molecule has 3 aromatic rings. The number of hydrogen-bond donors (Lipinski definition) is 2. The van der Waals surface area contributed by atoms with Gasteiger partial charge in [-0.1, -0.05) is 24.3 Å². The Hall–Kier alpha value is -2.49. The number of nitrogens with zero attached hydrogens (tertiary/aromatic N) is 4. The minimum absolute atomic E-state index is 0. The second-order valence-corrected chi connectivity index (χ2v) is 6.14. The van der Waals surface area contributed by atoms with Crippen molar-refractivity contribution in [1.82, 2.24) is 25.4 Å². The Labute approximate surface area is 181 Å². The summed E-state index contributed by atoms with van der Waals surface area (Å²) in [5.41, 5.74) is 3.55. The van der Waals surface area contributed by atoms with Crippen molar-refractivity contribution in [3.63, 3.8) is 0 Å². The number of rotatable bonds is 6. The third kappa shape index (κ3) is 6.01. The molecule has 8 heteroatoms. The van der Waals surface area contributed by atoms with Crippen molar-refractivity contribution in [1.29, 1.82) is 0 Å². The van der Waals surface area contributed by atoms with Crippen molar-refractivity contribution in [2.24, 2.45) is 4.99 Å². The summed E-state index contributed by atoms with van der Waals surface area (Å²) in [6.07, 6.45) is 3.17. The van der Waals surface area contributed by atoms with Gasteiger partial charge in [0.15, 0.2) is 5.96 Å². The molecule has 1 heterocycles. The van der Waals surface area contributed by atoms with Gasteiger partial charge in [-0.15, -0.1) is 24.0 Å². The van der Waals surface area contributed by atoms with E-state index in [0.29, 0.717) is 24.6 Å². The van der Waals surface area contributed by atoms with Crippen molar-refractivity contribution < 1.29 is 4.39 Å². The first-order chi connectivity index (χ1) is 13.2. The van der Waals surface area contributed by atoms with Crippen molar-refractivity contribution >= 4 is 29.9 Å². The van der Waals surface area contributed by atoms with Gasteiger partial charge < -0.3 is 10.6 Å². The molecule has 1 aromatic heterocycles. The highest BCUT2D eigenvalue weighted by atomic mass is 127. The van der Waals surface area contributed by atoms with Crippen LogP contribution < -0.4 is 10.6 Å². The Morgan fingerprint density at radius 1 is 1.11 bits per heavy atom. The minimum atomic E-state index is -0.201. The number of aryl methyl sites for hydroxylation is 1. The van der Waals surface area contributed by atoms with Gasteiger partial charge in [0.05, 0.1) is 12.2 Å². The van der Waals surface area contributed by atoms with E-state index >= 15 is 0 Å². The third-order valence-corrected chi connectivity index (χ3v) is 4.08. The first kappa shape index (κ1) is 21.8. The number of hydrogen-bond acceptors (Lipinski definition) is 3. The van der Waals surface area contributed by atoms with Gasteiger partial charge in [-0.3, -0.25) is 0 Å². The fraction of sp³-hybridized carbons (Fsp3) is 0.250. The molecule has 2 N–H and O–H groups in total. The molecule has 0 unspecified atom stereocenters. The predicted molar refractivity (Wildman–Crippen MR) is 120 cm³/mol.